The number of esters is 1. The van der Waals surface area contributed by atoms with Gasteiger partial charge in [0.25, 0.3) is 0 Å². The Balaban J connectivity index is 2.95. The van der Waals surface area contributed by atoms with Crippen LogP contribution in [0.4, 0.5) is 8.78 Å². The van der Waals surface area contributed by atoms with E-state index in [4.69, 9.17) is 4.74 Å². The molecule has 8 heteroatoms. The molecular weight excluding hydrogens is 304 g/mol. The number of carbonyl (C=O) groups is 1. The molecule has 0 aliphatic carbocycles. The molecule has 1 rings (SSSR count). The second-order valence-corrected chi connectivity index (χ2v) is 7.13. The van der Waals surface area contributed by atoms with Gasteiger partial charge in [0.2, 0.25) is 10.0 Å². The van der Waals surface area contributed by atoms with Crippen LogP contribution in [0.1, 0.15) is 27.7 Å². The van der Waals surface area contributed by atoms with E-state index < -0.39 is 44.2 Å². The lowest BCUT2D eigenvalue weighted by atomic mass is 10.2. The predicted molar refractivity (Wildman–Crippen MR) is 72.0 cm³/mol. The van der Waals surface area contributed by atoms with E-state index in [1.165, 1.54) is 6.92 Å². The van der Waals surface area contributed by atoms with Crippen LogP contribution in [0.2, 0.25) is 0 Å². The number of benzene rings is 1. The molecule has 1 aromatic rings. The molecule has 0 spiro atoms. The highest BCUT2D eigenvalue weighted by atomic mass is 32.2. The number of hydrogen-bond donors (Lipinski definition) is 1. The van der Waals surface area contributed by atoms with Crippen molar-refractivity contribution in [1.29, 1.82) is 0 Å². The summed E-state index contributed by atoms with van der Waals surface area (Å²) in [6.45, 7) is 6.12. The summed E-state index contributed by atoms with van der Waals surface area (Å²) >= 11 is 0. The molecule has 5 nitrogen and oxygen atoms in total. The summed E-state index contributed by atoms with van der Waals surface area (Å²) in [6, 6.07) is 0.796. The largest absolute Gasteiger partial charge is 0.459 e. The maximum atomic E-state index is 13.5. The van der Waals surface area contributed by atoms with Crippen LogP contribution in [0.3, 0.4) is 0 Å². The first kappa shape index (κ1) is 17.5. The molecule has 21 heavy (non-hydrogen) atoms. The Morgan fingerprint density at radius 1 is 1.29 bits per heavy atom. The zero-order chi connectivity index (χ0) is 16.4. The highest BCUT2D eigenvalue weighted by molar-refractivity contribution is 7.89. The number of sulfonamides is 1. The lowest BCUT2D eigenvalue weighted by molar-refractivity contribution is -0.156. The molecule has 0 aliphatic rings. The van der Waals surface area contributed by atoms with E-state index in [-0.39, 0.29) is 0 Å². The minimum absolute atomic E-state index is 0.541. The van der Waals surface area contributed by atoms with Gasteiger partial charge in [-0.3, -0.25) is 4.79 Å². The average Bonchev–Trinajstić information content (AvgIpc) is 2.29. The van der Waals surface area contributed by atoms with Gasteiger partial charge in [-0.2, -0.15) is 4.72 Å². The van der Waals surface area contributed by atoms with Gasteiger partial charge >= 0.3 is 5.97 Å². The zero-order valence-electron chi connectivity index (χ0n) is 12.1. The fraction of sp³-hybridized carbons (Fsp3) is 0.462. The molecule has 0 fully saturated rings. The summed E-state index contributed by atoms with van der Waals surface area (Å²) in [5.41, 5.74) is -0.791. The van der Waals surface area contributed by atoms with Crippen LogP contribution in [0.25, 0.3) is 0 Å². The number of halogens is 2. The van der Waals surface area contributed by atoms with Crippen LogP contribution in [0.15, 0.2) is 23.1 Å². The van der Waals surface area contributed by atoms with Gasteiger partial charge in [0.05, 0.1) is 0 Å². The second kappa shape index (κ2) is 6.07. The fourth-order valence-electron chi connectivity index (χ4n) is 1.42. The van der Waals surface area contributed by atoms with Crippen molar-refractivity contribution >= 4 is 16.0 Å². The first-order valence-corrected chi connectivity index (χ1v) is 7.61. The van der Waals surface area contributed by atoms with E-state index in [2.05, 4.69) is 0 Å². The SMILES string of the molecule is C[C@@H](NS(=O)(=O)c1cc(F)ccc1F)C(=O)OC(C)(C)C. The monoisotopic (exact) mass is 321 g/mol. The maximum absolute atomic E-state index is 13.5. The fourth-order valence-corrected chi connectivity index (χ4v) is 2.70. The van der Waals surface area contributed by atoms with Gasteiger partial charge in [-0.05, 0) is 45.9 Å². The van der Waals surface area contributed by atoms with Gasteiger partial charge in [0.15, 0.2) is 0 Å². The van der Waals surface area contributed by atoms with Crippen molar-refractivity contribution < 1.29 is 26.7 Å². The van der Waals surface area contributed by atoms with Crippen LogP contribution in [-0.2, 0) is 19.6 Å². The van der Waals surface area contributed by atoms with Crippen molar-refractivity contribution in [3.8, 4) is 0 Å². The number of rotatable bonds is 4. The molecule has 0 radical (unpaired) electrons. The summed E-state index contributed by atoms with van der Waals surface area (Å²) in [6.07, 6.45) is 0. The van der Waals surface area contributed by atoms with Gasteiger partial charge < -0.3 is 4.74 Å². The molecule has 1 aromatic carbocycles. The van der Waals surface area contributed by atoms with Crippen molar-refractivity contribution in [2.75, 3.05) is 0 Å². The number of hydrogen-bond acceptors (Lipinski definition) is 4. The molecule has 0 heterocycles. The van der Waals surface area contributed by atoms with Crippen molar-refractivity contribution in [2.45, 2.75) is 44.2 Å². The number of carbonyl (C=O) groups excluding carboxylic acids is 1. The van der Waals surface area contributed by atoms with E-state index in [1.54, 1.807) is 20.8 Å². The normalized spacial score (nSPS) is 13.8. The lowest BCUT2D eigenvalue weighted by Gasteiger charge is -2.22. The Morgan fingerprint density at radius 2 is 1.86 bits per heavy atom. The standard InChI is InChI=1S/C13H17F2NO4S/c1-8(12(17)20-13(2,3)4)16-21(18,19)11-7-9(14)5-6-10(11)15/h5-8,16H,1-4H3/t8-/m1/s1. The molecule has 0 aliphatic heterocycles. The predicted octanol–water partition coefficient (Wildman–Crippen LogP) is 1.97. The van der Waals surface area contributed by atoms with Crippen molar-refractivity contribution in [1.82, 2.24) is 4.72 Å². The summed E-state index contributed by atoms with van der Waals surface area (Å²) in [5.74, 6) is -2.83. The number of ether oxygens (including phenoxy) is 1. The van der Waals surface area contributed by atoms with Crippen LogP contribution < -0.4 is 4.72 Å². The van der Waals surface area contributed by atoms with Crippen molar-refractivity contribution in [3.63, 3.8) is 0 Å². The summed E-state index contributed by atoms with van der Waals surface area (Å²) < 4.78 is 57.4. The van der Waals surface area contributed by atoms with E-state index in [1.807, 2.05) is 4.72 Å². The smallest absolute Gasteiger partial charge is 0.324 e. The van der Waals surface area contributed by atoms with E-state index in [0.29, 0.717) is 12.1 Å². The Hall–Kier alpha value is -1.54. The minimum Gasteiger partial charge on any atom is -0.459 e. The summed E-state index contributed by atoms with van der Waals surface area (Å²) in [4.78, 5) is 10.8. The quantitative estimate of drug-likeness (QED) is 0.861. The molecular formula is C13H17F2NO4S. The molecule has 0 amide bonds. The van der Waals surface area contributed by atoms with Crippen LogP contribution >= 0.6 is 0 Å². The van der Waals surface area contributed by atoms with Crippen molar-refractivity contribution in [2.24, 2.45) is 0 Å². The summed E-state index contributed by atoms with van der Waals surface area (Å²) in [7, 11) is -4.38. The number of nitrogens with one attached hydrogen (secondary N) is 1. The third-order valence-electron chi connectivity index (χ3n) is 2.28. The van der Waals surface area contributed by atoms with Crippen LogP contribution in [0, 0.1) is 11.6 Å². The van der Waals surface area contributed by atoms with E-state index >= 15 is 0 Å². The first-order valence-electron chi connectivity index (χ1n) is 6.12. The van der Waals surface area contributed by atoms with E-state index in [0.717, 1.165) is 6.07 Å². The molecule has 0 saturated carbocycles. The first-order chi connectivity index (χ1) is 9.42. The Labute approximate surface area is 122 Å². The maximum Gasteiger partial charge on any atom is 0.324 e. The highest BCUT2D eigenvalue weighted by Crippen LogP contribution is 2.16. The van der Waals surface area contributed by atoms with Gasteiger partial charge in [0.1, 0.15) is 28.2 Å². The molecule has 1 atom stereocenters. The topological polar surface area (TPSA) is 72.5 Å². The highest BCUT2D eigenvalue weighted by Gasteiger charge is 2.28. The zero-order valence-corrected chi connectivity index (χ0v) is 12.9. The van der Waals surface area contributed by atoms with E-state index in [9.17, 15) is 22.0 Å². The third-order valence-corrected chi connectivity index (χ3v) is 3.83. The average molecular weight is 321 g/mol. The molecule has 0 unspecified atom stereocenters. The van der Waals surface area contributed by atoms with Crippen LogP contribution in [0.5, 0.6) is 0 Å². The molecule has 0 aromatic heterocycles. The Kier molecular flexibility index (Phi) is 5.06. The molecule has 1 N–H and O–H groups in total. The van der Waals surface area contributed by atoms with Gasteiger partial charge in [0, 0.05) is 0 Å². The second-order valence-electron chi connectivity index (χ2n) is 5.45. The van der Waals surface area contributed by atoms with Gasteiger partial charge in [-0.25, -0.2) is 17.2 Å². The lowest BCUT2D eigenvalue weighted by Crippen LogP contribution is -2.42. The molecule has 118 valence electrons. The van der Waals surface area contributed by atoms with Gasteiger partial charge in [-0.15, -0.1) is 0 Å². The van der Waals surface area contributed by atoms with Crippen LogP contribution in [-0.4, -0.2) is 26.0 Å². The minimum atomic E-state index is -4.38. The molecule has 0 saturated heterocycles. The third kappa shape index (κ3) is 5.05. The van der Waals surface area contributed by atoms with Crippen molar-refractivity contribution in [3.05, 3.63) is 29.8 Å². The molecule has 0 bridgehead atoms. The Morgan fingerprint density at radius 3 is 2.38 bits per heavy atom. The Bertz CT molecular complexity index is 638. The van der Waals surface area contributed by atoms with Gasteiger partial charge in [-0.1, -0.05) is 0 Å². The summed E-state index contributed by atoms with van der Waals surface area (Å²) in [5, 5.41) is 0.